The predicted octanol–water partition coefficient (Wildman–Crippen LogP) is 1.82. The molecule has 0 aliphatic carbocycles. The third-order valence-corrected chi connectivity index (χ3v) is 2.66. The van der Waals surface area contributed by atoms with E-state index < -0.39 is 0 Å². The third kappa shape index (κ3) is 3.06. The highest BCUT2D eigenvalue weighted by Gasteiger charge is 2.10. The van der Waals surface area contributed by atoms with Crippen LogP contribution in [-0.4, -0.2) is 23.1 Å². The van der Waals surface area contributed by atoms with Crippen LogP contribution < -0.4 is 10.6 Å². The molecule has 0 atom stereocenters. The van der Waals surface area contributed by atoms with E-state index >= 15 is 0 Å². The molecule has 2 N–H and O–H groups in total. The highest BCUT2D eigenvalue weighted by molar-refractivity contribution is 5.85. The molecule has 0 fully saturated rings. The average molecular weight is 245 g/mol. The smallest absolute Gasteiger partial charge is 0.225 e. The van der Waals surface area contributed by atoms with Crippen molar-refractivity contribution in [3.63, 3.8) is 0 Å². The first-order valence-electron chi connectivity index (χ1n) is 5.43. The van der Waals surface area contributed by atoms with E-state index in [4.69, 9.17) is 5.73 Å². The second-order valence-electron chi connectivity index (χ2n) is 3.55. The van der Waals surface area contributed by atoms with Gasteiger partial charge >= 0.3 is 0 Å². The van der Waals surface area contributed by atoms with Gasteiger partial charge in [-0.25, -0.2) is 9.97 Å². The molecule has 1 aromatic rings. The summed E-state index contributed by atoms with van der Waals surface area (Å²) in [6, 6.07) is 0. The number of nitrogens with zero attached hydrogens (tertiary/aromatic N) is 3. The summed E-state index contributed by atoms with van der Waals surface area (Å²) >= 11 is 0. The second-order valence-corrected chi connectivity index (χ2v) is 3.55. The number of aromatic nitrogens is 2. The van der Waals surface area contributed by atoms with E-state index in [0.29, 0.717) is 6.54 Å². The van der Waals surface area contributed by atoms with Crippen molar-refractivity contribution < 1.29 is 0 Å². The first-order valence-corrected chi connectivity index (χ1v) is 5.43. The Morgan fingerprint density at radius 3 is 1.81 bits per heavy atom. The summed E-state index contributed by atoms with van der Waals surface area (Å²) in [6.07, 6.45) is 0. The van der Waals surface area contributed by atoms with Gasteiger partial charge in [0.1, 0.15) is 0 Å². The number of aryl methyl sites for hydroxylation is 2. The van der Waals surface area contributed by atoms with Crippen LogP contribution >= 0.6 is 12.4 Å². The first kappa shape index (κ1) is 15.1. The van der Waals surface area contributed by atoms with Crippen molar-refractivity contribution in [2.45, 2.75) is 34.2 Å². The van der Waals surface area contributed by atoms with Gasteiger partial charge in [0.05, 0.1) is 0 Å². The average Bonchev–Trinajstić information content (AvgIpc) is 2.19. The summed E-state index contributed by atoms with van der Waals surface area (Å²) in [5.74, 6) is 0.812. The molecule has 0 spiro atoms. The van der Waals surface area contributed by atoms with Gasteiger partial charge in [0.15, 0.2) is 0 Å². The number of hydrogen-bond acceptors (Lipinski definition) is 4. The van der Waals surface area contributed by atoms with Crippen LogP contribution in [0.2, 0.25) is 0 Å². The Balaban J connectivity index is 0.00000225. The van der Waals surface area contributed by atoms with E-state index in [1.807, 2.05) is 13.8 Å². The Morgan fingerprint density at radius 1 is 1.06 bits per heavy atom. The minimum atomic E-state index is 0. The summed E-state index contributed by atoms with van der Waals surface area (Å²) in [7, 11) is 0. The molecular formula is C11H21ClN4. The van der Waals surface area contributed by atoms with Gasteiger partial charge in [-0.2, -0.15) is 0 Å². The van der Waals surface area contributed by atoms with Crippen molar-refractivity contribution >= 4 is 18.4 Å². The minimum Gasteiger partial charge on any atom is -0.341 e. The van der Waals surface area contributed by atoms with E-state index in [-0.39, 0.29) is 12.4 Å². The molecule has 4 nitrogen and oxygen atoms in total. The largest absolute Gasteiger partial charge is 0.341 e. The molecule has 0 aliphatic rings. The molecule has 0 amide bonds. The Morgan fingerprint density at radius 2 is 1.50 bits per heavy atom. The number of halogens is 1. The summed E-state index contributed by atoms with van der Waals surface area (Å²) in [5.41, 5.74) is 8.70. The van der Waals surface area contributed by atoms with Gasteiger partial charge in [-0.1, -0.05) is 0 Å². The Kier molecular flexibility index (Phi) is 6.29. The second kappa shape index (κ2) is 6.66. The predicted molar refractivity (Wildman–Crippen MR) is 70.2 cm³/mol. The zero-order valence-corrected chi connectivity index (χ0v) is 11.3. The molecule has 0 aromatic carbocycles. The molecule has 0 unspecified atom stereocenters. The van der Waals surface area contributed by atoms with E-state index in [0.717, 1.165) is 36.0 Å². The van der Waals surface area contributed by atoms with Crippen LogP contribution in [0.4, 0.5) is 5.95 Å². The van der Waals surface area contributed by atoms with Gasteiger partial charge in [-0.05, 0) is 27.7 Å². The molecule has 0 saturated heterocycles. The SMILES string of the molecule is CCN(CC)c1nc(C)c(CN)c(C)n1.Cl. The summed E-state index contributed by atoms with van der Waals surface area (Å²) in [5, 5.41) is 0. The van der Waals surface area contributed by atoms with Crippen molar-refractivity contribution in [2.75, 3.05) is 18.0 Å². The van der Waals surface area contributed by atoms with E-state index in [2.05, 4.69) is 28.7 Å². The lowest BCUT2D eigenvalue weighted by atomic mass is 10.2. The van der Waals surface area contributed by atoms with Gasteiger partial charge in [0.2, 0.25) is 5.95 Å². The Hall–Kier alpha value is -0.870. The monoisotopic (exact) mass is 244 g/mol. The van der Waals surface area contributed by atoms with Crippen molar-refractivity contribution in [3.8, 4) is 0 Å². The van der Waals surface area contributed by atoms with Crippen LogP contribution in [0, 0.1) is 13.8 Å². The fourth-order valence-corrected chi connectivity index (χ4v) is 1.67. The standard InChI is InChI=1S/C11H20N4.ClH/c1-5-15(6-2)11-13-8(3)10(7-12)9(4)14-11;/h5-7,12H2,1-4H3;1H. The molecule has 0 saturated carbocycles. The summed E-state index contributed by atoms with van der Waals surface area (Å²) in [6.45, 7) is 10.6. The molecule has 16 heavy (non-hydrogen) atoms. The van der Waals surface area contributed by atoms with E-state index in [1.165, 1.54) is 0 Å². The van der Waals surface area contributed by atoms with E-state index in [9.17, 15) is 0 Å². The van der Waals surface area contributed by atoms with E-state index in [1.54, 1.807) is 0 Å². The van der Waals surface area contributed by atoms with Crippen LogP contribution in [0.5, 0.6) is 0 Å². The molecule has 1 heterocycles. The fourth-order valence-electron chi connectivity index (χ4n) is 1.67. The molecule has 0 radical (unpaired) electrons. The summed E-state index contributed by atoms with van der Waals surface area (Å²) in [4.78, 5) is 11.1. The molecule has 1 aromatic heterocycles. The van der Waals surface area contributed by atoms with Crippen LogP contribution in [0.25, 0.3) is 0 Å². The number of hydrogen-bond donors (Lipinski definition) is 1. The third-order valence-electron chi connectivity index (χ3n) is 2.66. The van der Waals surface area contributed by atoms with Crippen LogP contribution in [0.3, 0.4) is 0 Å². The maximum Gasteiger partial charge on any atom is 0.225 e. The lowest BCUT2D eigenvalue weighted by molar-refractivity contribution is 0.800. The van der Waals surface area contributed by atoms with Gasteiger partial charge in [0.25, 0.3) is 0 Å². The van der Waals surface area contributed by atoms with Gasteiger partial charge in [-0.3, -0.25) is 0 Å². The maximum absolute atomic E-state index is 5.65. The highest BCUT2D eigenvalue weighted by atomic mass is 35.5. The molecule has 0 bridgehead atoms. The lowest BCUT2D eigenvalue weighted by Crippen LogP contribution is -2.25. The normalized spacial score (nSPS) is 9.81. The maximum atomic E-state index is 5.65. The van der Waals surface area contributed by atoms with Crippen molar-refractivity contribution in [1.29, 1.82) is 0 Å². The first-order chi connectivity index (χ1) is 7.13. The molecule has 1 rings (SSSR count). The molecule has 92 valence electrons. The number of nitrogens with two attached hydrogens (primary N) is 1. The zero-order chi connectivity index (χ0) is 11.4. The minimum absolute atomic E-state index is 0. The highest BCUT2D eigenvalue weighted by Crippen LogP contribution is 2.14. The van der Waals surface area contributed by atoms with Crippen molar-refractivity contribution in [1.82, 2.24) is 9.97 Å². The van der Waals surface area contributed by atoms with Gasteiger partial charge < -0.3 is 10.6 Å². The van der Waals surface area contributed by atoms with Crippen LogP contribution in [0.1, 0.15) is 30.8 Å². The van der Waals surface area contributed by atoms with Crippen LogP contribution in [0.15, 0.2) is 0 Å². The Labute approximate surface area is 104 Å². The lowest BCUT2D eigenvalue weighted by Gasteiger charge is -2.20. The quantitative estimate of drug-likeness (QED) is 0.878. The topological polar surface area (TPSA) is 55.0 Å². The van der Waals surface area contributed by atoms with Gasteiger partial charge in [0, 0.05) is 36.6 Å². The number of anilines is 1. The van der Waals surface area contributed by atoms with Gasteiger partial charge in [-0.15, -0.1) is 12.4 Å². The zero-order valence-electron chi connectivity index (χ0n) is 10.4. The molecular weight excluding hydrogens is 224 g/mol. The number of rotatable bonds is 4. The van der Waals surface area contributed by atoms with Crippen molar-refractivity contribution in [2.24, 2.45) is 5.73 Å². The summed E-state index contributed by atoms with van der Waals surface area (Å²) < 4.78 is 0. The Bertz CT molecular complexity index is 314. The molecule has 5 heteroatoms. The molecule has 0 aliphatic heterocycles. The van der Waals surface area contributed by atoms with Crippen molar-refractivity contribution in [3.05, 3.63) is 17.0 Å². The fraction of sp³-hybridized carbons (Fsp3) is 0.636. The van der Waals surface area contributed by atoms with Crippen LogP contribution in [-0.2, 0) is 6.54 Å².